The van der Waals surface area contributed by atoms with Crippen LogP contribution in [0.1, 0.15) is 101 Å². The Morgan fingerprint density at radius 2 is 1.63 bits per heavy atom. The molecule has 1 N–H and O–H groups in total. The molecule has 1 aromatic heterocycles. The third-order valence-corrected chi connectivity index (χ3v) is 12.0. The molecule has 2 amide bonds. The van der Waals surface area contributed by atoms with Crippen LogP contribution in [0.3, 0.4) is 0 Å². The second-order valence-corrected chi connectivity index (χ2v) is 17.7. The van der Waals surface area contributed by atoms with Crippen LogP contribution in [-0.4, -0.2) is 79.7 Å². The van der Waals surface area contributed by atoms with Crippen molar-refractivity contribution in [3.8, 4) is 17.0 Å². The van der Waals surface area contributed by atoms with Crippen LogP contribution in [0.15, 0.2) is 36.4 Å². The molecule has 0 spiro atoms. The summed E-state index contributed by atoms with van der Waals surface area (Å²) >= 11 is 0. The maximum absolute atomic E-state index is 14.3. The minimum atomic E-state index is -3.82. The van der Waals surface area contributed by atoms with Gasteiger partial charge in [0.05, 0.1) is 23.5 Å². The van der Waals surface area contributed by atoms with Crippen LogP contribution < -0.4 is 9.46 Å². The molecule has 0 atom stereocenters. The van der Waals surface area contributed by atoms with E-state index >= 15 is 0 Å². The van der Waals surface area contributed by atoms with Crippen LogP contribution in [0, 0.1) is 18.3 Å². The molecule has 0 unspecified atom stereocenters. The molecule has 1 saturated heterocycles. The number of sulfonamides is 1. The smallest absolute Gasteiger partial charge is 0.264 e. The molecule has 1 saturated carbocycles. The number of carbonyl (C=O) groups is 2. The second-order valence-electron chi connectivity index (χ2n) is 15.5. The summed E-state index contributed by atoms with van der Waals surface area (Å²) in [7, 11) is -2.15. The lowest BCUT2D eigenvalue weighted by molar-refractivity contribution is -0.142. The Balaban J connectivity index is 1.66. The number of hydrogen-bond donors (Lipinski definition) is 1. The highest BCUT2D eigenvalue weighted by molar-refractivity contribution is 7.90. The van der Waals surface area contributed by atoms with Crippen molar-refractivity contribution in [3.63, 3.8) is 0 Å². The standard InChI is InChI=1S/C39H56N4O5S/c1-26(2)24-41-18-20-42(21-19-41)38(45)39(6,7)25-43-34-23-30(37(44)40-49(46,47)27(3)4)14-16-33(34)35(29-12-10-9-11-13-29)36(43)32-17-15-31(48-8)22-28(32)5/h14-17,22-23,26-27,29H,9-13,18-21,24-25H2,1-8H3,(H,40,44). The molecule has 0 bridgehead atoms. The van der Waals surface area contributed by atoms with Crippen LogP contribution in [0.25, 0.3) is 22.2 Å². The number of benzene rings is 2. The Morgan fingerprint density at radius 1 is 0.959 bits per heavy atom. The lowest BCUT2D eigenvalue weighted by Gasteiger charge is -2.39. The van der Waals surface area contributed by atoms with E-state index in [1.807, 2.05) is 43.0 Å². The van der Waals surface area contributed by atoms with Gasteiger partial charge in [-0.25, -0.2) is 13.1 Å². The number of nitrogens with zero attached hydrogens (tertiary/aromatic N) is 3. The second kappa shape index (κ2) is 14.9. The Labute approximate surface area is 293 Å². The molecule has 2 heterocycles. The fourth-order valence-corrected chi connectivity index (χ4v) is 8.26. The van der Waals surface area contributed by atoms with Crippen molar-refractivity contribution < 1.29 is 22.7 Å². The number of fused-ring (bicyclic) bond motifs is 1. The molecule has 9 nitrogen and oxygen atoms in total. The van der Waals surface area contributed by atoms with Gasteiger partial charge in [-0.2, -0.15) is 0 Å². The van der Waals surface area contributed by atoms with Gasteiger partial charge in [0.2, 0.25) is 15.9 Å². The number of methoxy groups -OCH3 is 1. The van der Waals surface area contributed by atoms with Crippen molar-refractivity contribution in [2.24, 2.45) is 11.3 Å². The van der Waals surface area contributed by atoms with E-state index in [0.29, 0.717) is 31.5 Å². The van der Waals surface area contributed by atoms with E-state index in [4.69, 9.17) is 4.74 Å². The molecule has 1 aliphatic carbocycles. The quantitative estimate of drug-likeness (QED) is 0.233. The molecule has 10 heteroatoms. The Hall–Kier alpha value is -3.37. The highest BCUT2D eigenvalue weighted by Crippen LogP contribution is 2.46. The molecule has 3 aromatic rings. The van der Waals surface area contributed by atoms with Gasteiger partial charge in [0, 0.05) is 61.3 Å². The third-order valence-electron chi connectivity index (χ3n) is 10.3. The van der Waals surface area contributed by atoms with Gasteiger partial charge in [-0.1, -0.05) is 39.2 Å². The topological polar surface area (TPSA) is 101 Å². The van der Waals surface area contributed by atoms with Gasteiger partial charge in [0.25, 0.3) is 5.91 Å². The first-order valence-electron chi connectivity index (χ1n) is 18.0. The summed E-state index contributed by atoms with van der Waals surface area (Å²) in [4.78, 5) is 32.2. The molecule has 5 rings (SSSR count). The predicted octanol–water partition coefficient (Wildman–Crippen LogP) is 6.97. The van der Waals surface area contributed by atoms with E-state index in [-0.39, 0.29) is 11.5 Å². The van der Waals surface area contributed by atoms with Gasteiger partial charge in [0.15, 0.2) is 0 Å². The summed E-state index contributed by atoms with van der Waals surface area (Å²) in [5, 5.41) is 0.302. The third kappa shape index (κ3) is 8.01. The number of piperazine rings is 1. The normalized spacial score (nSPS) is 16.9. The van der Waals surface area contributed by atoms with E-state index < -0.39 is 26.6 Å². The van der Waals surface area contributed by atoms with Gasteiger partial charge in [-0.05, 0) is 101 Å². The molecule has 2 fully saturated rings. The number of aryl methyl sites for hydroxylation is 1. The van der Waals surface area contributed by atoms with E-state index in [2.05, 4.69) is 41.0 Å². The van der Waals surface area contributed by atoms with E-state index in [0.717, 1.165) is 78.8 Å². The Bertz CT molecular complexity index is 1780. The van der Waals surface area contributed by atoms with Gasteiger partial charge in [-0.15, -0.1) is 0 Å². The molecular formula is C39H56N4O5S. The summed E-state index contributed by atoms with van der Waals surface area (Å²) in [6.45, 7) is 18.3. The van der Waals surface area contributed by atoms with Crippen molar-refractivity contribution >= 4 is 32.7 Å². The first-order chi connectivity index (χ1) is 23.1. The monoisotopic (exact) mass is 692 g/mol. The van der Waals surface area contributed by atoms with Gasteiger partial charge < -0.3 is 14.2 Å². The molecule has 2 aliphatic rings. The van der Waals surface area contributed by atoms with Crippen molar-refractivity contribution in [3.05, 3.63) is 53.1 Å². The molecule has 49 heavy (non-hydrogen) atoms. The predicted molar refractivity (Wildman–Crippen MR) is 198 cm³/mol. The fraction of sp³-hybridized carbons (Fsp3) is 0.590. The first-order valence-corrected chi connectivity index (χ1v) is 19.6. The Kier molecular flexibility index (Phi) is 11.2. The molecule has 1 aliphatic heterocycles. The number of nitrogens with one attached hydrogen (secondary N) is 1. The van der Waals surface area contributed by atoms with E-state index in [9.17, 15) is 18.0 Å². The van der Waals surface area contributed by atoms with E-state index in [1.165, 1.54) is 12.0 Å². The van der Waals surface area contributed by atoms with E-state index in [1.54, 1.807) is 27.0 Å². The first kappa shape index (κ1) is 36.9. The maximum Gasteiger partial charge on any atom is 0.264 e. The number of carbonyl (C=O) groups excluding carboxylic acids is 2. The zero-order valence-electron chi connectivity index (χ0n) is 30.8. The number of rotatable bonds is 11. The van der Waals surface area contributed by atoms with Crippen LogP contribution in [-0.2, 0) is 21.4 Å². The number of amides is 2. The lowest BCUT2D eigenvalue weighted by Crippen LogP contribution is -2.53. The van der Waals surface area contributed by atoms with Crippen LogP contribution in [0.4, 0.5) is 0 Å². The molecular weight excluding hydrogens is 637 g/mol. The summed E-state index contributed by atoms with van der Waals surface area (Å²) in [5.74, 6) is 1.14. The summed E-state index contributed by atoms with van der Waals surface area (Å²) in [5.41, 5.74) is 4.79. The van der Waals surface area contributed by atoms with Gasteiger partial charge in [-0.3, -0.25) is 14.5 Å². The maximum atomic E-state index is 14.3. The number of hydrogen-bond acceptors (Lipinski definition) is 6. The van der Waals surface area contributed by atoms with Crippen LogP contribution >= 0.6 is 0 Å². The average molecular weight is 693 g/mol. The number of aromatic nitrogens is 1. The summed E-state index contributed by atoms with van der Waals surface area (Å²) < 4.78 is 35.4. The van der Waals surface area contributed by atoms with Gasteiger partial charge >= 0.3 is 0 Å². The fourth-order valence-electron chi connectivity index (χ4n) is 7.65. The van der Waals surface area contributed by atoms with Crippen LogP contribution in [0.5, 0.6) is 5.75 Å². The average Bonchev–Trinajstić information content (AvgIpc) is 3.36. The lowest BCUT2D eigenvalue weighted by atomic mass is 9.81. The minimum absolute atomic E-state index is 0.118. The highest BCUT2D eigenvalue weighted by Gasteiger charge is 2.37. The van der Waals surface area contributed by atoms with Crippen molar-refractivity contribution in [2.75, 3.05) is 39.8 Å². The zero-order chi connectivity index (χ0) is 35.7. The van der Waals surface area contributed by atoms with Crippen molar-refractivity contribution in [2.45, 2.75) is 98.3 Å². The zero-order valence-corrected chi connectivity index (χ0v) is 31.6. The molecule has 268 valence electrons. The SMILES string of the molecule is COc1ccc(-c2c(C3CCCCC3)c3ccc(C(=O)NS(=O)(=O)C(C)C)cc3n2CC(C)(C)C(=O)N2CCN(CC(C)C)CC2)c(C)c1. The molecule has 0 radical (unpaired) electrons. The van der Waals surface area contributed by atoms with Gasteiger partial charge in [0.1, 0.15) is 5.75 Å². The largest absolute Gasteiger partial charge is 0.497 e. The van der Waals surface area contributed by atoms with Crippen molar-refractivity contribution in [1.82, 2.24) is 19.1 Å². The summed E-state index contributed by atoms with van der Waals surface area (Å²) in [6.07, 6.45) is 5.66. The minimum Gasteiger partial charge on any atom is -0.497 e. The van der Waals surface area contributed by atoms with Crippen molar-refractivity contribution in [1.29, 1.82) is 0 Å². The number of ether oxygens (including phenoxy) is 1. The highest BCUT2D eigenvalue weighted by atomic mass is 32.2. The molecule has 2 aromatic carbocycles. The van der Waals surface area contributed by atoms with Crippen LogP contribution in [0.2, 0.25) is 0 Å². The Morgan fingerprint density at radius 3 is 2.22 bits per heavy atom. The summed E-state index contributed by atoms with van der Waals surface area (Å²) in [6, 6.07) is 11.7.